The smallest absolute Gasteiger partial charge is 0.255 e. The number of carbonyl (C=O) groups is 1. The molecule has 0 aromatic heterocycles. The van der Waals surface area contributed by atoms with Gasteiger partial charge in [0.1, 0.15) is 0 Å². The van der Waals surface area contributed by atoms with Gasteiger partial charge in [0.05, 0.1) is 10.6 Å². The molecule has 0 unspecified atom stereocenters. The van der Waals surface area contributed by atoms with Crippen molar-refractivity contribution in [2.75, 3.05) is 0 Å². The van der Waals surface area contributed by atoms with Gasteiger partial charge in [-0.25, -0.2) is 4.39 Å². The normalized spacial score (nSPS) is 10.0. The van der Waals surface area contributed by atoms with Gasteiger partial charge in [0.25, 0.3) is 5.24 Å². The lowest BCUT2D eigenvalue weighted by atomic mass is 10.2. The van der Waals surface area contributed by atoms with Crippen molar-refractivity contribution in [3.8, 4) is 0 Å². The van der Waals surface area contributed by atoms with Crippen molar-refractivity contribution < 1.29 is 9.18 Å². The Labute approximate surface area is 92.0 Å². The molecule has 1 rings (SSSR count). The van der Waals surface area contributed by atoms with Gasteiger partial charge in [0, 0.05) is 3.57 Å². The molecule has 0 saturated carbocycles. The number of rotatable bonds is 1. The van der Waals surface area contributed by atoms with Crippen LogP contribution in [-0.2, 0) is 0 Å². The van der Waals surface area contributed by atoms with E-state index < -0.39 is 11.1 Å². The first-order chi connectivity index (χ1) is 5.52. The van der Waals surface area contributed by atoms with Crippen molar-refractivity contribution >= 4 is 51.0 Å². The molecule has 0 fully saturated rings. The highest BCUT2D eigenvalue weighted by Crippen LogP contribution is 2.22. The summed E-state index contributed by atoms with van der Waals surface area (Å²) >= 11 is 12.5. The zero-order chi connectivity index (χ0) is 9.30. The quantitative estimate of drug-likeness (QED) is 0.440. The minimum atomic E-state index is -0.840. The summed E-state index contributed by atoms with van der Waals surface area (Å²) < 4.78 is 13.7. The van der Waals surface area contributed by atoms with E-state index in [2.05, 4.69) is 0 Å². The second kappa shape index (κ2) is 3.89. The first kappa shape index (κ1) is 10.2. The van der Waals surface area contributed by atoms with Gasteiger partial charge in [-0.1, -0.05) is 11.6 Å². The molecule has 0 amide bonds. The Bertz CT molecular complexity index is 340. The van der Waals surface area contributed by atoms with E-state index in [1.807, 2.05) is 22.6 Å². The molecule has 64 valence electrons. The van der Waals surface area contributed by atoms with Gasteiger partial charge >= 0.3 is 0 Å². The molecule has 5 heteroatoms. The van der Waals surface area contributed by atoms with Gasteiger partial charge in [-0.3, -0.25) is 4.79 Å². The molecule has 0 N–H and O–H groups in total. The van der Waals surface area contributed by atoms with Crippen LogP contribution in [0.2, 0.25) is 5.02 Å². The van der Waals surface area contributed by atoms with Crippen LogP contribution in [-0.4, -0.2) is 5.24 Å². The highest BCUT2D eigenvalue weighted by molar-refractivity contribution is 14.1. The van der Waals surface area contributed by atoms with Crippen LogP contribution in [0.1, 0.15) is 10.4 Å². The molecule has 1 nitrogen and oxygen atoms in total. The lowest BCUT2D eigenvalue weighted by molar-refractivity contribution is 0.107. The fourth-order valence-electron chi connectivity index (χ4n) is 0.699. The van der Waals surface area contributed by atoms with Crippen molar-refractivity contribution in [2.24, 2.45) is 0 Å². The van der Waals surface area contributed by atoms with Crippen molar-refractivity contribution in [1.29, 1.82) is 0 Å². The molecule has 0 aliphatic heterocycles. The standard InChI is InChI=1S/C7H2Cl2FIO/c8-5-2-3(11)1-4(6(5)10)7(9)12/h1-2H. The lowest BCUT2D eigenvalue weighted by Crippen LogP contribution is -1.95. The molecule has 0 aliphatic rings. The van der Waals surface area contributed by atoms with Crippen LogP contribution in [0.5, 0.6) is 0 Å². The molecule has 0 spiro atoms. The van der Waals surface area contributed by atoms with Crippen molar-refractivity contribution in [2.45, 2.75) is 0 Å². The average molecular weight is 319 g/mol. The number of halogens is 4. The fraction of sp³-hybridized carbons (Fsp3) is 0. The highest BCUT2D eigenvalue weighted by atomic mass is 127. The number of hydrogen-bond acceptors (Lipinski definition) is 1. The van der Waals surface area contributed by atoms with Crippen LogP contribution in [0.25, 0.3) is 0 Å². The Hall–Kier alpha value is 0.130. The summed E-state index contributed by atoms with van der Waals surface area (Å²) in [6.45, 7) is 0. The van der Waals surface area contributed by atoms with Crippen LogP contribution in [0.15, 0.2) is 12.1 Å². The summed E-state index contributed by atoms with van der Waals surface area (Å²) in [5, 5.41) is -0.932. The Balaban J connectivity index is 3.37. The third-order valence-electron chi connectivity index (χ3n) is 1.20. The number of benzene rings is 1. The SMILES string of the molecule is O=C(Cl)c1cc(I)cc(Cl)c1F. The first-order valence-electron chi connectivity index (χ1n) is 2.86. The summed E-state index contributed by atoms with van der Waals surface area (Å²) in [5.74, 6) is -0.767. The topological polar surface area (TPSA) is 17.1 Å². The Kier molecular flexibility index (Phi) is 3.31. The van der Waals surface area contributed by atoms with E-state index in [0.717, 1.165) is 0 Å². The van der Waals surface area contributed by atoms with Gasteiger partial charge in [0.15, 0.2) is 5.82 Å². The van der Waals surface area contributed by atoms with Crippen molar-refractivity contribution in [3.63, 3.8) is 0 Å². The summed E-state index contributed by atoms with van der Waals surface area (Å²) in [4.78, 5) is 10.6. The largest absolute Gasteiger partial charge is 0.275 e. The maximum absolute atomic E-state index is 13.0. The van der Waals surface area contributed by atoms with Crippen LogP contribution < -0.4 is 0 Å². The van der Waals surface area contributed by atoms with E-state index in [4.69, 9.17) is 23.2 Å². The van der Waals surface area contributed by atoms with E-state index in [-0.39, 0.29) is 10.6 Å². The van der Waals surface area contributed by atoms with Crippen LogP contribution >= 0.6 is 45.8 Å². The number of carbonyl (C=O) groups excluding carboxylic acids is 1. The summed E-state index contributed by atoms with van der Waals surface area (Å²) in [5.41, 5.74) is -0.187. The Morgan fingerprint density at radius 2 is 2.08 bits per heavy atom. The lowest BCUT2D eigenvalue weighted by Gasteiger charge is -1.99. The molecule has 0 saturated heterocycles. The van der Waals surface area contributed by atoms with Crippen molar-refractivity contribution in [1.82, 2.24) is 0 Å². The minimum absolute atomic E-state index is 0.0918. The maximum atomic E-state index is 13.0. The summed E-state index contributed by atoms with van der Waals surface area (Å²) in [7, 11) is 0. The molecular weight excluding hydrogens is 317 g/mol. The molecule has 0 radical (unpaired) electrons. The predicted octanol–water partition coefficient (Wildman–Crippen LogP) is 3.46. The van der Waals surface area contributed by atoms with Crippen LogP contribution in [0.3, 0.4) is 0 Å². The molecule has 0 aliphatic carbocycles. The predicted molar refractivity (Wildman–Crippen MR) is 54.3 cm³/mol. The van der Waals surface area contributed by atoms with E-state index in [1.165, 1.54) is 12.1 Å². The summed E-state index contributed by atoms with van der Waals surface area (Å²) in [6, 6.07) is 2.76. The summed E-state index contributed by atoms with van der Waals surface area (Å²) in [6.07, 6.45) is 0. The van der Waals surface area contributed by atoms with Gasteiger partial charge < -0.3 is 0 Å². The molecule has 12 heavy (non-hydrogen) atoms. The van der Waals surface area contributed by atoms with Gasteiger partial charge in [-0.2, -0.15) is 0 Å². The molecule has 1 aromatic carbocycles. The highest BCUT2D eigenvalue weighted by Gasteiger charge is 2.13. The van der Waals surface area contributed by atoms with Gasteiger partial charge in [-0.05, 0) is 46.3 Å². The minimum Gasteiger partial charge on any atom is -0.275 e. The van der Waals surface area contributed by atoms with E-state index in [0.29, 0.717) is 3.57 Å². The molecule has 0 atom stereocenters. The Morgan fingerprint density at radius 1 is 1.50 bits per heavy atom. The monoisotopic (exact) mass is 318 g/mol. The zero-order valence-corrected chi connectivity index (χ0v) is 9.24. The second-order valence-electron chi connectivity index (χ2n) is 2.02. The van der Waals surface area contributed by atoms with E-state index in [1.54, 1.807) is 0 Å². The van der Waals surface area contributed by atoms with Gasteiger partial charge in [0.2, 0.25) is 0 Å². The second-order valence-corrected chi connectivity index (χ2v) is 4.02. The molecule has 0 bridgehead atoms. The Morgan fingerprint density at radius 3 is 2.58 bits per heavy atom. The molecular formula is C7H2Cl2FIO. The fourth-order valence-corrected chi connectivity index (χ4v) is 1.86. The molecule has 0 heterocycles. The van der Waals surface area contributed by atoms with E-state index >= 15 is 0 Å². The number of hydrogen-bond donors (Lipinski definition) is 0. The third-order valence-corrected chi connectivity index (χ3v) is 2.31. The maximum Gasteiger partial charge on any atom is 0.255 e. The first-order valence-corrected chi connectivity index (χ1v) is 4.70. The van der Waals surface area contributed by atoms with E-state index in [9.17, 15) is 9.18 Å². The van der Waals surface area contributed by atoms with Crippen LogP contribution in [0.4, 0.5) is 4.39 Å². The third kappa shape index (κ3) is 2.08. The van der Waals surface area contributed by atoms with Gasteiger partial charge in [-0.15, -0.1) is 0 Å². The van der Waals surface area contributed by atoms with Crippen molar-refractivity contribution in [3.05, 3.63) is 32.1 Å². The van der Waals surface area contributed by atoms with Crippen LogP contribution in [0, 0.1) is 9.39 Å². The molecule has 1 aromatic rings. The average Bonchev–Trinajstić information content (AvgIpc) is 1.96. The zero-order valence-electron chi connectivity index (χ0n) is 5.57.